The van der Waals surface area contributed by atoms with Gasteiger partial charge in [-0.25, -0.2) is 8.42 Å². The molecule has 1 saturated carbocycles. The molecular weight excluding hydrogens is 284 g/mol. The molecule has 0 unspecified atom stereocenters. The Hall–Kier alpha value is -0.620. The first-order valence-corrected chi connectivity index (χ1v) is 8.31. The molecule has 3 rings (SSSR count). The molecule has 0 spiro atoms. The first kappa shape index (κ1) is 13.4. The van der Waals surface area contributed by atoms with E-state index in [0.717, 1.165) is 0 Å². The highest BCUT2D eigenvalue weighted by Crippen LogP contribution is 2.41. The van der Waals surface area contributed by atoms with Crippen molar-refractivity contribution < 1.29 is 8.42 Å². The summed E-state index contributed by atoms with van der Waals surface area (Å²) < 4.78 is 26.6. The number of hydrogen-bond donors (Lipinski definition) is 1. The van der Waals surface area contributed by atoms with E-state index in [1.807, 2.05) is 0 Å². The van der Waals surface area contributed by atoms with Gasteiger partial charge < -0.3 is 5.73 Å². The van der Waals surface area contributed by atoms with Crippen molar-refractivity contribution >= 4 is 21.6 Å². The van der Waals surface area contributed by atoms with Crippen LogP contribution in [-0.2, 0) is 10.0 Å². The van der Waals surface area contributed by atoms with Crippen molar-refractivity contribution in [3.63, 3.8) is 0 Å². The van der Waals surface area contributed by atoms with Gasteiger partial charge in [0.25, 0.3) is 0 Å². The van der Waals surface area contributed by atoms with Gasteiger partial charge in [0.2, 0.25) is 10.0 Å². The molecule has 1 heterocycles. The lowest BCUT2D eigenvalue weighted by Crippen LogP contribution is -2.32. The highest BCUT2D eigenvalue weighted by molar-refractivity contribution is 7.89. The van der Waals surface area contributed by atoms with Crippen molar-refractivity contribution in [2.24, 2.45) is 17.6 Å². The van der Waals surface area contributed by atoms with E-state index >= 15 is 0 Å². The van der Waals surface area contributed by atoms with E-state index in [2.05, 4.69) is 0 Å². The van der Waals surface area contributed by atoms with Gasteiger partial charge in [-0.2, -0.15) is 4.31 Å². The number of nitrogens with two attached hydrogens (primary N) is 1. The van der Waals surface area contributed by atoms with Crippen molar-refractivity contribution in [3.05, 3.63) is 29.3 Å². The molecule has 4 nitrogen and oxygen atoms in total. The third-order valence-corrected chi connectivity index (χ3v) is 6.10. The van der Waals surface area contributed by atoms with Crippen LogP contribution in [-0.4, -0.2) is 31.9 Å². The summed E-state index contributed by atoms with van der Waals surface area (Å²) in [6, 6.07) is 6.36. The molecule has 1 aromatic rings. The molecule has 2 N–H and O–H groups in total. The number of halogens is 1. The van der Waals surface area contributed by atoms with Crippen molar-refractivity contribution in [2.45, 2.75) is 23.8 Å². The maximum Gasteiger partial charge on any atom is 0.243 e. The molecule has 0 aromatic heterocycles. The summed E-state index contributed by atoms with van der Waals surface area (Å²) in [6.45, 7) is 0.955. The predicted octanol–water partition coefficient (Wildman–Crippen LogP) is 1.70. The number of nitrogens with zero attached hydrogens (tertiary/aromatic N) is 1. The van der Waals surface area contributed by atoms with Crippen LogP contribution in [0.1, 0.15) is 12.8 Å². The highest BCUT2D eigenvalue weighted by atomic mass is 35.5. The van der Waals surface area contributed by atoms with Crippen LogP contribution in [0.25, 0.3) is 0 Å². The van der Waals surface area contributed by atoms with Crippen molar-refractivity contribution in [3.8, 4) is 0 Å². The maximum atomic E-state index is 12.5. The fourth-order valence-electron chi connectivity index (χ4n) is 2.81. The molecule has 1 aromatic carbocycles. The van der Waals surface area contributed by atoms with Crippen molar-refractivity contribution in [1.82, 2.24) is 4.31 Å². The van der Waals surface area contributed by atoms with Crippen LogP contribution in [0.5, 0.6) is 0 Å². The SMILES string of the molecule is N[C@H]1CN(S(=O)(=O)c2cccc(Cl)c2)C[C@@H]1C1CC1. The van der Waals surface area contributed by atoms with Crippen molar-refractivity contribution in [1.29, 1.82) is 0 Å². The lowest BCUT2D eigenvalue weighted by molar-refractivity contribution is 0.428. The largest absolute Gasteiger partial charge is 0.326 e. The van der Waals surface area contributed by atoms with E-state index in [1.54, 1.807) is 18.2 Å². The Labute approximate surface area is 118 Å². The van der Waals surface area contributed by atoms with Gasteiger partial charge in [-0.3, -0.25) is 0 Å². The van der Waals surface area contributed by atoms with Crippen LogP contribution >= 0.6 is 11.6 Å². The van der Waals surface area contributed by atoms with Crippen LogP contribution in [0.2, 0.25) is 5.02 Å². The second kappa shape index (κ2) is 4.74. The van der Waals surface area contributed by atoms with Gasteiger partial charge in [0.05, 0.1) is 4.90 Å². The van der Waals surface area contributed by atoms with Gasteiger partial charge in [-0.15, -0.1) is 0 Å². The van der Waals surface area contributed by atoms with Crippen LogP contribution in [0, 0.1) is 11.8 Å². The smallest absolute Gasteiger partial charge is 0.243 e. The number of rotatable bonds is 3. The van der Waals surface area contributed by atoms with Gasteiger partial charge >= 0.3 is 0 Å². The summed E-state index contributed by atoms with van der Waals surface area (Å²) in [5.41, 5.74) is 6.08. The van der Waals surface area contributed by atoms with Crippen LogP contribution in [0.15, 0.2) is 29.2 Å². The average molecular weight is 301 g/mol. The summed E-state index contributed by atoms with van der Waals surface area (Å²) in [5, 5.41) is 0.434. The Kier molecular flexibility index (Phi) is 3.33. The summed E-state index contributed by atoms with van der Waals surface area (Å²) >= 11 is 5.87. The number of sulfonamides is 1. The third-order valence-electron chi connectivity index (χ3n) is 4.04. The second-order valence-electron chi connectivity index (χ2n) is 5.44. The molecule has 104 valence electrons. The maximum absolute atomic E-state index is 12.5. The topological polar surface area (TPSA) is 63.4 Å². The molecule has 0 radical (unpaired) electrons. The fourth-order valence-corrected chi connectivity index (χ4v) is 4.63. The molecule has 1 saturated heterocycles. The minimum absolute atomic E-state index is 0.0403. The van der Waals surface area contributed by atoms with Crippen LogP contribution in [0.4, 0.5) is 0 Å². The van der Waals surface area contributed by atoms with E-state index in [1.165, 1.54) is 23.2 Å². The highest BCUT2D eigenvalue weighted by Gasteiger charge is 2.44. The molecule has 6 heteroatoms. The zero-order valence-electron chi connectivity index (χ0n) is 10.5. The third kappa shape index (κ3) is 2.52. The normalized spacial score (nSPS) is 28.7. The molecule has 2 fully saturated rings. The molecular formula is C13H17ClN2O2S. The average Bonchev–Trinajstić information content (AvgIpc) is 3.12. The number of hydrogen-bond acceptors (Lipinski definition) is 3. The first-order chi connectivity index (χ1) is 8.98. The van der Waals surface area contributed by atoms with Gasteiger partial charge in [-0.1, -0.05) is 17.7 Å². The molecule has 19 heavy (non-hydrogen) atoms. The fraction of sp³-hybridized carbons (Fsp3) is 0.538. The standard InChI is InChI=1S/C13H17ClN2O2S/c14-10-2-1-3-11(6-10)19(17,18)16-7-12(9-4-5-9)13(15)8-16/h1-3,6,9,12-13H,4-5,7-8,15H2/t12-,13+/m1/s1. The first-order valence-electron chi connectivity index (χ1n) is 6.50. The van der Waals surface area contributed by atoms with Gasteiger partial charge in [-0.05, 0) is 42.9 Å². The zero-order valence-corrected chi connectivity index (χ0v) is 12.1. The lowest BCUT2D eigenvalue weighted by atomic mass is 9.99. The Morgan fingerprint density at radius 2 is 2.00 bits per heavy atom. The van der Waals surface area contributed by atoms with Gasteiger partial charge in [0, 0.05) is 24.2 Å². The quantitative estimate of drug-likeness (QED) is 0.924. The Balaban J connectivity index is 1.85. The molecule has 0 amide bonds. The summed E-state index contributed by atoms with van der Waals surface area (Å²) in [7, 11) is -3.46. The Bertz CT molecular complexity index is 586. The molecule has 1 aliphatic carbocycles. The second-order valence-corrected chi connectivity index (χ2v) is 7.82. The monoisotopic (exact) mass is 300 g/mol. The van der Waals surface area contributed by atoms with Gasteiger partial charge in [0.1, 0.15) is 0 Å². The van der Waals surface area contributed by atoms with Crippen molar-refractivity contribution in [2.75, 3.05) is 13.1 Å². The van der Waals surface area contributed by atoms with E-state index in [4.69, 9.17) is 17.3 Å². The van der Waals surface area contributed by atoms with Crippen LogP contribution in [0.3, 0.4) is 0 Å². The van der Waals surface area contributed by atoms with E-state index in [0.29, 0.717) is 29.9 Å². The summed E-state index contributed by atoms with van der Waals surface area (Å²) in [4.78, 5) is 0.253. The van der Waals surface area contributed by atoms with E-state index in [-0.39, 0.29) is 10.9 Å². The minimum Gasteiger partial charge on any atom is -0.326 e. The summed E-state index contributed by atoms with van der Waals surface area (Å²) in [5.74, 6) is 0.934. The minimum atomic E-state index is -3.46. The predicted molar refractivity (Wildman–Crippen MR) is 74.4 cm³/mol. The molecule has 2 aliphatic rings. The zero-order chi connectivity index (χ0) is 13.6. The van der Waals surface area contributed by atoms with Gasteiger partial charge in [0.15, 0.2) is 0 Å². The Morgan fingerprint density at radius 3 is 2.63 bits per heavy atom. The van der Waals surface area contributed by atoms with E-state index in [9.17, 15) is 8.42 Å². The lowest BCUT2D eigenvalue weighted by Gasteiger charge is -2.16. The van der Waals surface area contributed by atoms with E-state index < -0.39 is 10.0 Å². The summed E-state index contributed by atoms with van der Waals surface area (Å²) in [6.07, 6.45) is 2.37. The molecule has 0 bridgehead atoms. The molecule has 2 atom stereocenters. The molecule has 1 aliphatic heterocycles. The Morgan fingerprint density at radius 1 is 1.26 bits per heavy atom. The number of benzene rings is 1. The van der Waals surface area contributed by atoms with Crippen LogP contribution < -0.4 is 5.73 Å².